The zero-order valence-electron chi connectivity index (χ0n) is 14.0. The number of hydrogen-bond donors (Lipinski definition) is 0. The normalized spacial score (nSPS) is 25.5. The third-order valence-electron chi connectivity index (χ3n) is 5.51. The number of amides is 3. The lowest BCUT2D eigenvalue weighted by Gasteiger charge is -2.43. The molecule has 0 saturated carbocycles. The van der Waals surface area contributed by atoms with Gasteiger partial charge in [-0.2, -0.15) is 0 Å². The van der Waals surface area contributed by atoms with Gasteiger partial charge in [-0.3, -0.25) is 19.3 Å². The van der Waals surface area contributed by atoms with Crippen molar-refractivity contribution in [1.29, 1.82) is 0 Å². The number of halogens is 2. The molecule has 0 aromatic heterocycles. The Kier molecular flexibility index (Phi) is 4.31. The van der Waals surface area contributed by atoms with Crippen molar-refractivity contribution < 1.29 is 18.8 Å². The van der Waals surface area contributed by atoms with Crippen LogP contribution < -0.4 is 0 Å². The molecule has 0 bridgehead atoms. The molecule has 3 amide bonds. The van der Waals surface area contributed by atoms with E-state index in [9.17, 15) is 18.8 Å². The number of carbonyl (C=O) groups is 3. The summed E-state index contributed by atoms with van der Waals surface area (Å²) >= 11 is 5.97. The van der Waals surface area contributed by atoms with Crippen molar-refractivity contribution in [3.63, 3.8) is 0 Å². The minimum atomic E-state index is -0.510. The molecule has 136 valence electrons. The molecule has 1 aromatic rings. The van der Waals surface area contributed by atoms with Crippen LogP contribution in [-0.2, 0) is 20.8 Å². The van der Waals surface area contributed by atoms with Gasteiger partial charge in [0.2, 0.25) is 17.7 Å². The highest BCUT2D eigenvalue weighted by Crippen LogP contribution is 2.37. The molecule has 1 aliphatic carbocycles. The second-order valence-electron chi connectivity index (χ2n) is 7.03. The molecule has 0 spiro atoms. The topological polar surface area (TPSA) is 57.7 Å². The lowest BCUT2D eigenvalue weighted by Crippen LogP contribution is -2.62. The first-order valence-corrected chi connectivity index (χ1v) is 9.07. The molecule has 3 aliphatic rings. The minimum absolute atomic E-state index is 0.126. The molecule has 2 heterocycles. The van der Waals surface area contributed by atoms with Crippen LogP contribution in [0.5, 0.6) is 0 Å². The van der Waals surface area contributed by atoms with E-state index in [1.165, 1.54) is 21.9 Å². The smallest absolute Gasteiger partial charge is 0.233 e. The maximum Gasteiger partial charge on any atom is 0.233 e. The SMILES string of the molecule is O=C(Cc1c(F)cccc1Cl)N1CC(N2C(=O)C3CC=CCC3C2=O)C1. The van der Waals surface area contributed by atoms with E-state index in [0.29, 0.717) is 25.9 Å². The maximum atomic E-state index is 13.8. The van der Waals surface area contributed by atoms with Crippen LogP contribution in [0.2, 0.25) is 5.02 Å². The average molecular weight is 377 g/mol. The molecule has 7 heteroatoms. The second-order valence-corrected chi connectivity index (χ2v) is 7.44. The number of hydrogen-bond acceptors (Lipinski definition) is 3. The number of benzene rings is 1. The van der Waals surface area contributed by atoms with E-state index >= 15 is 0 Å². The molecule has 0 N–H and O–H groups in total. The zero-order chi connectivity index (χ0) is 18.4. The van der Waals surface area contributed by atoms with Gasteiger partial charge in [0.15, 0.2) is 0 Å². The monoisotopic (exact) mass is 376 g/mol. The van der Waals surface area contributed by atoms with E-state index in [4.69, 9.17) is 11.6 Å². The van der Waals surface area contributed by atoms with Crippen LogP contribution >= 0.6 is 11.6 Å². The van der Waals surface area contributed by atoms with Gasteiger partial charge in [-0.25, -0.2) is 4.39 Å². The highest BCUT2D eigenvalue weighted by atomic mass is 35.5. The van der Waals surface area contributed by atoms with Crippen molar-refractivity contribution in [2.24, 2.45) is 11.8 Å². The van der Waals surface area contributed by atoms with E-state index in [1.54, 1.807) is 6.07 Å². The molecule has 1 aromatic carbocycles. The van der Waals surface area contributed by atoms with Crippen molar-refractivity contribution in [3.05, 3.63) is 46.8 Å². The summed E-state index contributed by atoms with van der Waals surface area (Å²) in [6.07, 6.45) is 4.98. The van der Waals surface area contributed by atoms with Crippen LogP contribution in [0.1, 0.15) is 18.4 Å². The summed E-state index contributed by atoms with van der Waals surface area (Å²) in [4.78, 5) is 40.3. The lowest BCUT2D eigenvalue weighted by atomic mass is 9.85. The van der Waals surface area contributed by atoms with Gasteiger partial charge in [0.1, 0.15) is 5.82 Å². The van der Waals surface area contributed by atoms with Gasteiger partial charge in [-0.15, -0.1) is 0 Å². The van der Waals surface area contributed by atoms with Gasteiger partial charge in [0.25, 0.3) is 0 Å². The minimum Gasteiger partial charge on any atom is -0.338 e. The third kappa shape index (κ3) is 2.72. The number of fused-ring (bicyclic) bond motifs is 1. The van der Waals surface area contributed by atoms with Crippen LogP contribution in [0, 0.1) is 17.7 Å². The molecule has 2 atom stereocenters. The predicted molar refractivity (Wildman–Crippen MR) is 92.7 cm³/mol. The summed E-state index contributed by atoms with van der Waals surface area (Å²) in [6.45, 7) is 0.602. The van der Waals surface area contributed by atoms with Crippen molar-refractivity contribution in [2.75, 3.05) is 13.1 Å². The molecular weight excluding hydrogens is 359 g/mol. The Labute approximate surface area is 155 Å². The first-order valence-electron chi connectivity index (χ1n) is 8.70. The van der Waals surface area contributed by atoms with E-state index < -0.39 is 5.82 Å². The summed E-state index contributed by atoms with van der Waals surface area (Å²) in [5.41, 5.74) is 0.174. The van der Waals surface area contributed by atoms with Gasteiger partial charge >= 0.3 is 0 Å². The van der Waals surface area contributed by atoms with Gasteiger partial charge in [-0.05, 0) is 25.0 Å². The fourth-order valence-electron chi connectivity index (χ4n) is 3.97. The number of allylic oxidation sites excluding steroid dienone is 2. The summed E-state index contributed by atoms with van der Waals surface area (Å²) < 4.78 is 13.8. The number of rotatable bonds is 3. The Balaban J connectivity index is 1.39. The first kappa shape index (κ1) is 17.2. The highest BCUT2D eigenvalue weighted by Gasteiger charge is 2.52. The van der Waals surface area contributed by atoms with Crippen molar-refractivity contribution in [3.8, 4) is 0 Å². The van der Waals surface area contributed by atoms with E-state index in [0.717, 1.165) is 0 Å². The van der Waals surface area contributed by atoms with E-state index in [-0.39, 0.29) is 52.6 Å². The zero-order valence-corrected chi connectivity index (χ0v) is 14.8. The standard InChI is InChI=1S/C19H18ClFN2O3/c20-15-6-3-7-16(21)14(15)8-17(24)22-9-11(10-22)23-18(25)12-4-1-2-5-13(12)19(23)26/h1-3,6-7,11-13H,4-5,8-10H2. The van der Waals surface area contributed by atoms with Crippen LogP contribution in [0.25, 0.3) is 0 Å². The fourth-order valence-corrected chi connectivity index (χ4v) is 4.20. The number of nitrogens with zero attached hydrogens (tertiary/aromatic N) is 2. The summed E-state index contributed by atoms with van der Waals surface area (Å²) in [5.74, 6) is -1.53. The Morgan fingerprint density at radius 1 is 1.12 bits per heavy atom. The number of imide groups is 1. The van der Waals surface area contributed by atoms with Crippen molar-refractivity contribution >= 4 is 29.3 Å². The second kappa shape index (κ2) is 6.50. The summed E-state index contributed by atoms with van der Waals surface area (Å²) in [6, 6.07) is 4.03. The molecule has 2 saturated heterocycles. The van der Waals surface area contributed by atoms with Crippen LogP contribution in [0.15, 0.2) is 30.4 Å². The molecule has 5 nitrogen and oxygen atoms in total. The maximum absolute atomic E-state index is 13.8. The molecule has 2 fully saturated rings. The van der Waals surface area contributed by atoms with Crippen molar-refractivity contribution in [1.82, 2.24) is 9.80 Å². The Bertz CT molecular complexity index is 773. The van der Waals surface area contributed by atoms with Crippen molar-refractivity contribution in [2.45, 2.75) is 25.3 Å². The van der Waals surface area contributed by atoms with Crippen LogP contribution in [0.3, 0.4) is 0 Å². The first-order chi connectivity index (χ1) is 12.5. The van der Waals surface area contributed by atoms with Gasteiger partial charge in [-0.1, -0.05) is 29.8 Å². The summed E-state index contributed by atoms with van der Waals surface area (Å²) in [7, 11) is 0. The quantitative estimate of drug-likeness (QED) is 0.600. The fraction of sp³-hybridized carbons (Fsp3) is 0.421. The predicted octanol–water partition coefficient (Wildman–Crippen LogP) is 2.18. The molecular formula is C19H18ClFN2O3. The molecule has 26 heavy (non-hydrogen) atoms. The molecule has 4 rings (SSSR count). The van der Waals surface area contributed by atoms with E-state index in [2.05, 4.69) is 0 Å². The van der Waals surface area contributed by atoms with Gasteiger partial charge < -0.3 is 4.90 Å². The average Bonchev–Trinajstić information content (AvgIpc) is 2.83. The van der Waals surface area contributed by atoms with Gasteiger partial charge in [0, 0.05) is 23.7 Å². The number of likely N-dealkylation sites (tertiary alicyclic amines) is 2. The largest absolute Gasteiger partial charge is 0.338 e. The van der Waals surface area contributed by atoms with E-state index in [1.807, 2.05) is 12.2 Å². The molecule has 2 aliphatic heterocycles. The van der Waals surface area contributed by atoms with Gasteiger partial charge in [0.05, 0.1) is 24.3 Å². The Morgan fingerprint density at radius 2 is 1.73 bits per heavy atom. The third-order valence-corrected chi connectivity index (χ3v) is 5.87. The molecule has 0 radical (unpaired) electrons. The summed E-state index contributed by atoms with van der Waals surface area (Å²) in [5, 5.41) is 0.219. The highest BCUT2D eigenvalue weighted by molar-refractivity contribution is 6.31. The van der Waals surface area contributed by atoms with Crippen LogP contribution in [0.4, 0.5) is 4.39 Å². The molecule has 2 unspecified atom stereocenters. The lowest BCUT2D eigenvalue weighted by molar-refractivity contribution is -0.152. The number of carbonyl (C=O) groups excluding carboxylic acids is 3. The van der Waals surface area contributed by atoms with Crippen LogP contribution in [-0.4, -0.2) is 46.7 Å². The Morgan fingerprint density at radius 3 is 2.31 bits per heavy atom. The Hall–Kier alpha value is -2.21.